The molecular formula is C31H26N2O4. The zero-order valence-corrected chi connectivity index (χ0v) is 20.3. The first-order valence-corrected chi connectivity index (χ1v) is 12.8. The number of hydrogen-bond acceptors (Lipinski definition) is 4. The highest BCUT2D eigenvalue weighted by Gasteiger charge is 2.67. The van der Waals surface area contributed by atoms with E-state index < -0.39 is 0 Å². The second-order valence-corrected chi connectivity index (χ2v) is 10.6. The predicted octanol–water partition coefficient (Wildman–Crippen LogP) is 5.60. The number of anilines is 2. The zero-order chi connectivity index (χ0) is 25.3. The summed E-state index contributed by atoms with van der Waals surface area (Å²) < 4.78 is 5.93. The monoisotopic (exact) mass is 490 g/mol. The first-order valence-electron chi connectivity index (χ1n) is 12.8. The summed E-state index contributed by atoms with van der Waals surface area (Å²) in [4.78, 5) is 41.2. The smallest absolute Gasteiger partial charge is 0.255 e. The maximum absolute atomic E-state index is 13.4. The maximum Gasteiger partial charge on any atom is 0.255 e. The molecule has 3 amide bonds. The number of hydrogen-bond donors (Lipinski definition) is 1. The van der Waals surface area contributed by atoms with Crippen molar-refractivity contribution in [2.75, 3.05) is 10.2 Å². The molecule has 4 aliphatic carbocycles. The molecule has 0 radical (unpaired) electrons. The molecule has 1 heterocycles. The molecule has 6 heteroatoms. The van der Waals surface area contributed by atoms with Crippen molar-refractivity contribution in [2.45, 2.75) is 13.3 Å². The fourth-order valence-electron chi connectivity index (χ4n) is 6.61. The van der Waals surface area contributed by atoms with Crippen molar-refractivity contribution in [1.82, 2.24) is 0 Å². The van der Waals surface area contributed by atoms with Crippen LogP contribution < -0.4 is 15.0 Å². The third kappa shape index (κ3) is 3.50. The summed E-state index contributed by atoms with van der Waals surface area (Å²) in [5.74, 6) is 1.82. The topological polar surface area (TPSA) is 75.7 Å². The molecule has 184 valence electrons. The molecule has 5 aliphatic rings. The van der Waals surface area contributed by atoms with E-state index in [1.165, 1.54) is 4.90 Å². The third-order valence-corrected chi connectivity index (χ3v) is 8.46. The minimum atomic E-state index is -0.311. The second-order valence-electron chi connectivity index (χ2n) is 10.6. The maximum atomic E-state index is 13.4. The van der Waals surface area contributed by atoms with E-state index >= 15 is 0 Å². The van der Waals surface area contributed by atoms with Gasteiger partial charge in [0.25, 0.3) is 5.91 Å². The molecule has 8 rings (SSSR count). The molecule has 0 aromatic heterocycles. The van der Waals surface area contributed by atoms with Crippen LogP contribution in [0.5, 0.6) is 11.5 Å². The molecule has 3 aromatic rings. The van der Waals surface area contributed by atoms with Gasteiger partial charge in [-0.15, -0.1) is 0 Å². The highest BCUT2D eigenvalue weighted by atomic mass is 16.5. The number of amides is 3. The number of para-hydroxylation sites is 1. The van der Waals surface area contributed by atoms with Crippen LogP contribution in [0.25, 0.3) is 0 Å². The lowest BCUT2D eigenvalue weighted by atomic mass is 9.63. The van der Waals surface area contributed by atoms with Gasteiger partial charge in [-0.3, -0.25) is 14.4 Å². The number of aryl methyl sites for hydroxylation is 1. The van der Waals surface area contributed by atoms with E-state index in [0.29, 0.717) is 34.5 Å². The van der Waals surface area contributed by atoms with E-state index in [1.807, 2.05) is 31.2 Å². The Hall–Kier alpha value is -4.19. The number of carbonyl (C=O) groups excluding carboxylic acids is 3. The van der Waals surface area contributed by atoms with Crippen molar-refractivity contribution < 1.29 is 19.1 Å². The molecule has 6 nitrogen and oxygen atoms in total. The van der Waals surface area contributed by atoms with Gasteiger partial charge in [0.2, 0.25) is 11.8 Å². The van der Waals surface area contributed by atoms with E-state index in [9.17, 15) is 14.4 Å². The summed E-state index contributed by atoms with van der Waals surface area (Å²) in [6.45, 7) is 1.98. The molecule has 37 heavy (non-hydrogen) atoms. The molecule has 3 aromatic carbocycles. The lowest BCUT2D eigenvalue weighted by Gasteiger charge is -2.37. The van der Waals surface area contributed by atoms with E-state index in [4.69, 9.17) is 4.74 Å². The van der Waals surface area contributed by atoms with Crippen LogP contribution in [-0.2, 0) is 9.59 Å². The zero-order valence-electron chi connectivity index (χ0n) is 20.3. The molecule has 1 aliphatic heterocycles. The Morgan fingerprint density at radius 2 is 1.54 bits per heavy atom. The molecule has 6 atom stereocenters. The number of benzene rings is 3. The van der Waals surface area contributed by atoms with Gasteiger partial charge in [-0.25, -0.2) is 4.90 Å². The first kappa shape index (κ1) is 22.0. The molecule has 1 N–H and O–H groups in total. The van der Waals surface area contributed by atoms with Gasteiger partial charge in [-0.05, 0) is 91.1 Å². The summed E-state index contributed by atoms with van der Waals surface area (Å²) in [6, 6.07) is 21.7. The van der Waals surface area contributed by atoms with Crippen LogP contribution >= 0.6 is 0 Å². The molecule has 2 saturated carbocycles. The Labute approximate surface area is 214 Å². The van der Waals surface area contributed by atoms with Crippen molar-refractivity contribution in [1.29, 1.82) is 0 Å². The standard InChI is InChI=1S/C31H26N2O4/c1-17-5-2-3-8-26(17)37-21-11-9-19(10-12-21)32-29(34)18-6-4-7-20(15-18)33-30(35)27-22-13-14-23(25-16-24(22)25)28(27)31(33)36/h2-15,22-25,27-28H,16H2,1H3,(H,32,34). The van der Waals surface area contributed by atoms with Crippen molar-refractivity contribution in [3.05, 3.63) is 96.1 Å². The van der Waals surface area contributed by atoms with Gasteiger partial charge in [-0.2, -0.15) is 0 Å². The third-order valence-electron chi connectivity index (χ3n) is 8.46. The van der Waals surface area contributed by atoms with Crippen LogP contribution in [0.3, 0.4) is 0 Å². The van der Waals surface area contributed by atoms with Crippen molar-refractivity contribution in [3.8, 4) is 11.5 Å². The van der Waals surface area contributed by atoms with Crippen LogP contribution in [0, 0.1) is 42.4 Å². The van der Waals surface area contributed by atoms with Gasteiger partial charge < -0.3 is 10.1 Å². The Bertz CT molecular complexity index is 1440. The van der Waals surface area contributed by atoms with Gasteiger partial charge in [0.1, 0.15) is 11.5 Å². The highest BCUT2D eigenvalue weighted by molar-refractivity contribution is 6.23. The lowest BCUT2D eigenvalue weighted by molar-refractivity contribution is -0.124. The number of nitrogens with one attached hydrogen (secondary N) is 1. The summed E-state index contributed by atoms with van der Waals surface area (Å²) in [5, 5.41) is 2.89. The van der Waals surface area contributed by atoms with E-state index in [1.54, 1.807) is 48.5 Å². The Morgan fingerprint density at radius 3 is 2.22 bits per heavy atom. The van der Waals surface area contributed by atoms with Crippen LogP contribution in [0.2, 0.25) is 0 Å². The van der Waals surface area contributed by atoms with Gasteiger partial charge in [0.05, 0.1) is 17.5 Å². The van der Waals surface area contributed by atoms with E-state index in [0.717, 1.165) is 17.7 Å². The highest BCUT2D eigenvalue weighted by Crippen LogP contribution is 2.65. The average molecular weight is 491 g/mol. The molecule has 6 unspecified atom stereocenters. The first-order chi connectivity index (χ1) is 18.0. The summed E-state index contributed by atoms with van der Waals surface area (Å²) in [6.07, 6.45) is 5.45. The van der Waals surface area contributed by atoms with Crippen molar-refractivity contribution >= 4 is 29.1 Å². The van der Waals surface area contributed by atoms with Crippen LogP contribution in [0.15, 0.2) is 84.9 Å². The molecule has 3 fully saturated rings. The quantitative estimate of drug-likeness (QED) is 0.373. The lowest BCUT2D eigenvalue weighted by Crippen LogP contribution is -2.40. The predicted molar refractivity (Wildman–Crippen MR) is 139 cm³/mol. The summed E-state index contributed by atoms with van der Waals surface area (Å²) >= 11 is 0. The van der Waals surface area contributed by atoms with Gasteiger partial charge in [0, 0.05) is 11.3 Å². The minimum Gasteiger partial charge on any atom is -0.457 e. The number of allylic oxidation sites excluding steroid dienone is 2. The Kier molecular flexibility index (Phi) is 4.86. The second kappa shape index (κ2) is 8.17. The van der Waals surface area contributed by atoms with Crippen LogP contribution in [0.1, 0.15) is 22.3 Å². The molecular weight excluding hydrogens is 464 g/mol. The van der Waals surface area contributed by atoms with E-state index in [2.05, 4.69) is 17.5 Å². The number of rotatable bonds is 5. The van der Waals surface area contributed by atoms with Crippen LogP contribution in [0.4, 0.5) is 11.4 Å². The Morgan fingerprint density at radius 1 is 0.865 bits per heavy atom. The number of ether oxygens (including phenoxy) is 1. The van der Waals surface area contributed by atoms with Gasteiger partial charge in [0.15, 0.2) is 0 Å². The van der Waals surface area contributed by atoms with Crippen molar-refractivity contribution in [2.24, 2.45) is 35.5 Å². The fourth-order valence-corrected chi connectivity index (χ4v) is 6.61. The fraction of sp³-hybridized carbons (Fsp3) is 0.258. The largest absolute Gasteiger partial charge is 0.457 e. The van der Waals surface area contributed by atoms with Gasteiger partial charge >= 0.3 is 0 Å². The minimum absolute atomic E-state index is 0.124. The summed E-state index contributed by atoms with van der Waals surface area (Å²) in [7, 11) is 0. The van der Waals surface area contributed by atoms with E-state index in [-0.39, 0.29) is 41.4 Å². The Balaban J connectivity index is 1.07. The molecule has 0 spiro atoms. The van der Waals surface area contributed by atoms with Crippen LogP contribution in [-0.4, -0.2) is 17.7 Å². The molecule has 1 saturated heterocycles. The number of carbonyl (C=O) groups is 3. The SMILES string of the molecule is Cc1ccccc1Oc1ccc(NC(=O)c2cccc(N3C(=O)C4C5C=CC(C6CC56)C4C3=O)c2)cc1. The summed E-state index contributed by atoms with van der Waals surface area (Å²) in [5.41, 5.74) is 2.51. The number of nitrogens with zero attached hydrogens (tertiary/aromatic N) is 1. The molecule has 2 bridgehead atoms. The van der Waals surface area contributed by atoms with Gasteiger partial charge in [-0.1, -0.05) is 36.4 Å². The normalized spacial score (nSPS) is 28.6. The van der Waals surface area contributed by atoms with Crippen molar-refractivity contribution in [3.63, 3.8) is 0 Å². The average Bonchev–Trinajstić information content (AvgIpc) is 3.69. The number of imide groups is 1.